The Morgan fingerprint density at radius 2 is 1.62 bits per heavy atom. The van der Waals surface area contributed by atoms with Gasteiger partial charge >= 0.3 is 5.97 Å². The van der Waals surface area contributed by atoms with Crippen molar-refractivity contribution in [1.82, 2.24) is 0 Å². The van der Waals surface area contributed by atoms with E-state index in [0.29, 0.717) is 17.7 Å². The van der Waals surface area contributed by atoms with Crippen molar-refractivity contribution in [1.29, 1.82) is 5.26 Å². The van der Waals surface area contributed by atoms with Crippen molar-refractivity contribution in [2.45, 2.75) is 32.8 Å². The molecule has 0 saturated carbocycles. The number of hydrogen-bond donors (Lipinski definition) is 1. The number of hydrogen-bond acceptors (Lipinski definition) is 3. The standard InChI is InChI=1S/C20H21NO3/c1-14(19(22)23)12-20(2,3)24-18-10-8-17(9-11-18)16-6-4-15(13-21)5-7-16/h4-11,14H,12H2,1-3H3,(H,22,23). The van der Waals surface area contributed by atoms with Crippen LogP contribution in [0.1, 0.15) is 32.8 Å². The summed E-state index contributed by atoms with van der Waals surface area (Å²) in [6.07, 6.45) is 0.430. The average molecular weight is 323 g/mol. The summed E-state index contributed by atoms with van der Waals surface area (Å²) < 4.78 is 5.94. The van der Waals surface area contributed by atoms with Crippen LogP contribution in [0.15, 0.2) is 48.5 Å². The SMILES string of the molecule is CC(CC(C)(C)Oc1ccc(-c2ccc(C#N)cc2)cc1)C(=O)O. The third kappa shape index (κ3) is 4.60. The maximum atomic E-state index is 11.0. The lowest BCUT2D eigenvalue weighted by molar-refractivity contribution is -0.142. The smallest absolute Gasteiger partial charge is 0.306 e. The lowest BCUT2D eigenvalue weighted by atomic mass is 9.94. The number of carboxylic acids is 1. The summed E-state index contributed by atoms with van der Waals surface area (Å²) in [4.78, 5) is 11.0. The van der Waals surface area contributed by atoms with Crippen LogP contribution in [-0.4, -0.2) is 16.7 Å². The highest BCUT2D eigenvalue weighted by Gasteiger charge is 2.26. The Morgan fingerprint density at radius 3 is 2.08 bits per heavy atom. The van der Waals surface area contributed by atoms with Gasteiger partial charge in [-0.15, -0.1) is 0 Å². The van der Waals surface area contributed by atoms with Crippen molar-refractivity contribution in [3.63, 3.8) is 0 Å². The second-order valence-electron chi connectivity index (χ2n) is 6.52. The molecule has 2 rings (SSSR count). The summed E-state index contributed by atoms with van der Waals surface area (Å²) in [5, 5.41) is 17.9. The van der Waals surface area contributed by atoms with Gasteiger partial charge in [0.05, 0.1) is 17.6 Å². The van der Waals surface area contributed by atoms with Gasteiger partial charge in [0.2, 0.25) is 0 Å². The van der Waals surface area contributed by atoms with E-state index in [1.165, 1.54) is 0 Å². The number of aliphatic carboxylic acids is 1. The van der Waals surface area contributed by atoms with Gasteiger partial charge in [-0.1, -0.05) is 31.2 Å². The molecule has 0 bridgehead atoms. The monoisotopic (exact) mass is 323 g/mol. The molecule has 1 N–H and O–H groups in total. The number of ether oxygens (including phenoxy) is 1. The maximum absolute atomic E-state index is 11.0. The molecule has 0 fully saturated rings. The number of carbonyl (C=O) groups is 1. The zero-order valence-corrected chi connectivity index (χ0v) is 14.1. The topological polar surface area (TPSA) is 70.3 Å². The summed E-state index contributed by atoms with van der Waals surface area (Å²) in [5.41, 5.74) is 2.13. The van der Waals surface area contributed by atoms with Gasteiger partial charge in [-0.25, -0.2) is 0 Å². The molecule has 24 heavy (non-hydrogen) atoms. The minimum absolute atomic E-state index is 0.430. The van der Waals surface area contributed by atoms with Gasteiger partial charge in [0, 0.05) is 0 Å². The molecule has 124 valence electrons. The van der Waals surface area contributed by atoms with E-state index in [-0.39, 0.29) is 0 Å². The molecule has 2 aromatic rings. The molecular formula is C20H21NO3. The zero-order chi connectivity index (χ0) is 17.7. The van der Waals surface area contributed by atoms with Crippen LogP contribution in [-0.2, 0) is 4.79 Å². The van der Waals surface area contributed by atoms with Crippen molar-refractivity contribution >= 4 is 5.97 Å². The van der Waals surface area contributed by atoms with Crippen LogP contribution in [0.2, 0.25) is 0 Å². The minimum Gasteiger partial charge on any atom is -0.488 e. The van der Waals surface area contributed by atoms with E-state index in [1.807, 2.05) is 50.2 Å². The zero-order valence-electron chi connectivity index (χ0n) is 14.1. The lowest BCUT2D eigenvalue weighted by Crippen LogP contribution is -2.32. The normalized spacial score (nSPS) is 12.2. The van der Waals surface area contributed by atoms with E-state index < -0.39 is 17.5 Å². The van der Waals surface area contributed by atoms with E-state index in [4.69, 9.17) is 15.1 Å². The van der Waals surface area contributed by atoms with Gasteiger partial charge in [0.1, 0.15) is 11.4 Å². The first-order valence-electron chi connectivity index (χ1n) is 7.83. The molecule has 0 radical (unpaired) electrons. The van der Waals surface area contributed by atoms with Crippen LogP contribution < -0.4 is 4.74 Å². The van der Waals surface area contributed by atoms with Gasteiger partial charge in [-0.2, -0.15) is 5.26 Å². The Morgan fingerprint density at radius 1 is 1.12 bits per heavy atom. The molecule has 0 aliphatic heterocycles. The summed E-state index contributed by atoms with van der Waals surface area (Å²) in [5.74, 6) is -0.573. The third-order valence-electron chi connectivity index (χ3n) is 3.82. The number of nitriles is 1. The van der Waals surface area contributed by atoms with Gasteiger partial charge in [0.15, 0.2) is 0 Å². The molecule has 4 nitrogen and oxygen atoms in total. The third-order valence-corrected chi connectivity index (χ3v) is 3.82. The Balaban J connectivity index is 2.08. The molecule has 0 aliphatic carbocycles. The van der Waals surface area contributed by atoms with Gasteiger partial charge < -0.3 is 9.84 Å². The largest absolute Gasteiger partial charge is 0.488 e. The highest BCUT2D eigenvalue weighted by Crippen LogP contribution is 2.27. The van der Waals surface area contributed by atoms with E-state index in [9.17, 15) is 4.79 Å². The molecule has 0 aliphatic rings. The van der Waals surface area contributed by atoms with E-state index in [2.05, 4.69) is 6.07 Å². The molecule has 1 atom stereocenters. The van der Waals surface area contributed by atoms with Crippen molar-refractivity contribution in [2.24, 2.45) is 5.92 Å². The van der Waals surface area contributed by atoms with Crippen LogP contribution in [0.3, 0.4) is 0 Å². The Labute approximate surface area is 142 Å². The quantitative estimate of drug-likeness (QED) is 0.850. The Kier molecular flexibility index (Phi) is 5.25. The summed E-state index contributed by atoms with van der Waals surface area (Å²) in [6, 6.07) is 17.2. The van der Waals surface area contributed by atoms with E-state index in [0.717, 1.165) is 11.1 Å². The Hall–Kier alpha value is -2.80. The number of rotatable bonds is 6. The molecule has 0 heterocycles. The molecular weight excluding hydrogens is 302 g/mol. The van der Waals surface area contributed by atoms with Crippen LogP contribution in [0.25, 0.3) is 11.1 Å². The fraction of sp³-hybridized carbons (Fsp3) is 0.300. The predicted octanol–water partition coefficient (Wildman–Crippen LogP) is 4.49. The predicted molar refractivity (Wildman–Crippen MR) is 92.7 cm³/mol. The van der Waals surface area contributed by atoms with Crippen LogP contribution >= 0.6 is 0 Å². The summed E-state index contributed by atoms with van der Waals surface area (Å²) in [7, 11) is 0. The van der Waals surface area contributed by atoms with Crippen LogP contribution in [0, 0.1) is 17.2 Å². The fourth-order valence-corrected chi connectivity index (χ4v) is 2.64. The molecule has 0 saturated heterocycles. The summed E-state index contributed by atoms with van der Waals surface area (Å²) in [6.45, 7) is 5.46. The van der Waals surface area contributed by atoms with Gasteiger partial charge in [0.25, 0.3) is 0 Å². The number of nitrogens with zero attached hydrogens (tertiary/aromatic N) is 1. The highest BCUT2D eigenvalue weighted by atomic mass is 16.5. The van der Waals surface area contributed by atoms with Crippen molar-refractivity contribution in [3.8, 4) is 22.9 Å². The minimum atomic E-state index is -0.817. The second kappa shape index (κ2) is 7.18. The molecule has 0 aromatic heterocycles. The first-order valence-corrected chi connectivity index (χ1v) is 7.83. The molecule has 0 spiro atoms. The highest BCUT2D eigenvalue weighted by molar-refractivity contribution is 5.69. The van der Waals surface area contributed by atoms with Crippen molar-refractivity contribution in [2.75, 3.05) is 0 Å². The molecule has 4 heteroatoms. The average Bonchev–Trinajstić information content (AvgIpc) is 2.54. The second-order valence-corrected chi connectivity index (χ2v) is 6.52. The molecule has 1 unspecified atom stereocenters. The first-order chi connectivity index (χ1) is 11.3. The van der Waals surface area contributed by atoms with Gasteiger partial charge in [-0.05, 0) is 55.7 Å². The number of carboxylic acid groups (broad SMARTS) is 1. The van der Waals surface area contributed by atoms with Crippen LogP contribution in [0.5, 0.6) is 5.75 Å². The molecule has 0 amide bonds. The van der Waals surface area contributed by atoms with Crippen molar-refractivity contribution < 1.29 is 14.6 Å². The van der Waals surface area contributed by atoms with E-state index in [1.54, 1.807) is 19.1 Å². The van der Waals surface area contributed by atoms with Crippen molar-refractivity contribution in [3.05, 3.63) is 54.1 Å². The maximum Gasteiger partial charge on any atom is 0.306 e. The number of benzene rings is 2. The molecule has 2 aromatic carbocycles. The van der Waals surface area contributed by atoms with Gasteiger partial charge in [-0.3, -0.25) is 4.79 Å². The fourth-order valence-electron chi connectivity index (χ4n) is 2.64. The lowest BCUT2D eigenvalue weighted by Gasteiger charge is -2.28. The first kappa shape index (κ1) is 17.6. The Bertz CT molecular complexity index is 740. The van der Waals surface area contributed by atoms with Crippen LogP contribution in [0.4, 0.5) is 0 Å². The summed E-state index contributed by atoms with van der Waals surface area (Å²) >= 11 is 0. The van der Waals surface area contributed by atoms with E-state index >= 15 is 0 Å².